The van der Waals surface area contributed by atoms with Crippen molar-refractivity contribution in [2.45, 2.75) is 88.3 Å². The van der Waals surface area contributed by atoms with Gasteiger partial charge in [-0.15, -0.1) is 0 Å². The Balaban J connectivity index is 1.06. The lowest BCUT2D eigenvalue weighted by Crippen LogP contribution is -2.33. The second kappa shape index (κ2) is 9.95. The second-order valence-corrected chi connectivity index (χ2v) is 11.8. The molecule has 3 aliphatic carbocycles. The lowest BCUT2D eigenvalue weighted by atomic mass is 9.79. The maximum atomic E-state index is 13.1. The standard InChI is InChI=1S/C29H33F3N6O/c30-29(31,32)21-7-3-4-19(14-21)15-22(39)17-27-9-11-28(18-27,12-10-27)36-26-33-13-8-24(35-26)34-25-16-23(37-38-25)20-5-1-2-6-20/h3-4,7-8,13-14,16,20H,1-2,5-6,9-12,15,17-18H2,(H3,33,34,35,36,37,38). The van der Waals surface area contributed by atoms with Gasteiger partial charge in [0.15, 0.2) is 5.82 Å². The van der Waals surface area contributed by atoms with Gasteiger partial charge in [0.1, 0.15) is 11.6 Å². The predicted octanol–water partition coefficient (Wildman–Crippen LogP) is 6.94. The van der Waals surface area contributed by atoms with Gasteiger partial charge in [-0.3, -0.25) is 9.89 Å². The zero-order valence-corrected chi connectivity index (χ0v) is 21.8. The molecule has 0 saturated heterocycles. The lowest BCUT2D eigenvalue weighted by molar-refractivity contribution is -0.137. The number of aromatic nitrogens is 4. The fourth-order valence-electron chi connectivity index (χ4n) is 7.01. The Labute approximate surface area is 225 Å². The van der Waals surface area contributed by atoms with Gasteiger partial charge in [-0.2, -0.15) is 23.3 Å². The van der Waals surface area contributed by atoms with E-state index < -0.39 is 11.7 Å². The van der Waals surface area contributed by atoms with Crippen molar-refractivity contribution in [1.29, 1.82) is 0 Å². The highest BCUT2D eigenvalue weighted by atomic mass is 19.4. The third-order valence-corrected chi connectivity index (χ3v) is 8.89. The SMILES string of the molecule is O=C(Cc1cccc(C(F)(F)F)c1)CC12CCC(Nc3nccc(Nc4cc(C5CCCC5)[nH]n4)n3)(CC1)C2. The van der Waals surface area contributed by atoms with Crippen LogP contribution in [0, 0.1) is 5.41 Å². The Morgan fingerprint density at radius 2 is 1.85 bits per heavy atom. The summed E-state index contributed by atoms with van der Waals surface area (Å²) in [5.41, 5.74) is 0.576. The fraction of sp³-hybridized carbons (Fsp3) is 0.517. The monoisotopic (exact) mass is 538 g/mol. The zero-order valence-electron chi connectivity index (χ0n) is 21.8. The summed E-state index contributed by atoms with van der Waals surface area (Å²) in [5, 5.41) is 14.4. The van der Waals surface area contributed by atoms with Crippen LogP contribution in [0.25, 0.3) is 0 Å². The van der Waals surface area contributed by atoms with Crippen LogP contribution in [-0.2, 0) is 17.4 Å². The number of ketones is 1. The first-order valence-electron chi connectivity index (χ1n) is 13.8. The Morgan fingerprint density at radius 3 is 2.62 bits per heavy atom. The molecular formula is C29H33F3N6O. The number of rotatable bonds is 9. The highest BCUT2D eigenvalue weighted by Gasteiger charge is 2.55. The van der Waals surface area contributed by atoms with E-state index in [2.05, 4.69) is 36.9 Å². The van der Waals surface area contributed by atoms with Gasteiger partial charge < -0.3 is 10.6 Å². The Kier molecular flexibility index (Phi) is 6.59. The summed E-state index contributed by atoms with van der Waals surface area (Å²) in [6, 6.07) is 8.96. The highest BCUT2D eigenvalue weighted by molar-refractivity contribution is 5.81. The van der Waals surface area contributed by atoms with Crippen molar-refractivity contribution in [3.8, 4) is 0 Å². The molecule has 206 valence electrons. The second-order valence-electron chi connectivity index (χ2n) is 11.8. The molecule has 3 saturated carbocycles. The smallest absolute Gasteiger partial charge is 0.349 e. The molecule has 3 N–H and O–H groups in total. The zero-order chi connectivity index (χ0) is 27.1. The van der Waals surface area contributed by atoms with Gasteiger partial charge in [-0.1, -0.05) is 31.0 Å². The highest BCUT2D eigenvalue weighted by Crippen LogP contribution is 2.59. The van der Waals surface area contributed by atoms with Gasteiger partial charge >= 0.3 is 6.18 Å². The molecule has 0 unspecified atom stereocenters. The summed E-state index contributed by atoms with van der Waals surface area (Å²) in [5.74, 6) is 2.48. The van der Waals surface area contributed by atoms with Crippen molar-refractivity contribution in [2.24, 2.45) is 5.41 Å². The molecule has 6 rings (SSSR count). The molecular weight excluding hydrogens is 505 g/mol. The summed E-state index contributed by atoms with van der Waals surface area (Å²) >= 11 is 0. The molecule has 0 atom stereocenters. The van der Waals surface area contributed by atoms with Crippen molar-refractivity contribution < 1.29 is 18.0 Å². The number of carbonyl (C=O) groups is 1. The van der Waals surface area contributed by atoms with E-state index >= 15 is 0 Å². The van der Waals surface area contributed by atoms with Gasteiger partial charge in [-0.25, -0.2) is 4.98 Å². The number of Topliss-reactive ketones (excluding diaryl/α,β-unsaturated/α-hetero) is 1. The van der Waals surface area contributed by atoms with E-state index in [-0.39, 0.29) is 23.2 Å². The number of hydrogen-bond acceptors (Lipinski definition) is 6. The number of hydrogen-bond donors (Lipinski definition) is 3. The van der Waals surface area contributed by atoms with Crippen LogP contribution in [0.3, 0.4) is 0 Å². The molecule has 10 heteroatoms. The quantitative estimate of drug-likeness (QED) is 0.273. The van der Waals surface area contributed by atoms with Crippen LogP contribution in [0.5, 0.6) is 0 Å². The van der Waals surface area contributed by atoms with Crippen LogP contribution < -0.4 is 10.6 Å². The minimum absolute atomic E-state index is 0.00884. The minimum atomic E-state index is -4.41. The molecule has 0 aliphatic heterocycles. The van der Waals surface area contributed by atoms with Crippen molar-refractivity contribution in [3.05, 3.63) is 59.4 Å². The largest absolute Gasteiger partial charge is 0.416 e. The van der Waals surface area contributed by atoms with E-state index in [9.17, 15) is 18.0 Å². The number of H-pyrrole nitrogens is 1. The number of fused-ring (bicyclic) bond motifs is 2. The van der Waals surface area contributed by atoms with Crippen LogP contribution in [0.1, 0.15) is 86.9 Å². The van der Waals surface area contributed by atoms with Crippen molar-refractivity contribution in [1.82, 2.24) is 20.2 Å². The number of carbonyl (C=O) groups excluding carboxylic acids is 1. The molecule has 2 bridgehead atoms. The third-order valence-electron chi connectivity index (χ3n) is 8.89. The van der Waals surface area contributed by atoms with Crippen LogP contribution in [0.4, 0.5) is 30.8 Å². The number of benzene rings is 1. The number of anilines is 3. The molecule has 3 fully saturated rings. The summed E-state index contributed by atoms with van der Waals surface area (Å²) in [4.78, 5) is 22.0. The maximum absolute atomic E-state index is 13.1. The molecule has 2 aromatic heterocycles. The van der Waals surface area contributed by atoms with Gasteiger partial charge in [0, 0.05) is 42.3 Å². The molecule has 0 amide bonds. The number of alkyl halides is 3. The van der Waals surface area contributed by atoms with E-state index in [0.29, 0.717) is 29.7 Å². The van der Waals surface area contributed by atoms with Gasteiger partial charge in [0.2, 0.25) is 5.95 Å². The van der Waals surface area contributed by atoms with E-state index in [4.69, 9.17) is 0 Å². The normalized spacial score (nSPS) is 24.8. The molecule has 0 radical (unpaired) electrons. The topological polar surface area (TPSA) is 95.6 Å². The van der Waals surface area contributed by atoms with Gasteiger partial charge in [0.25, 0.3) is 0 Å². The Bertz CT molecular complexity index is 1340. The molecule has 2 heterocycles. The van der Waals surface area contributed by atoms with Crippen LogP contribution in [0.2, 0.25) is 0 Å². The average Bonchev–Trinajstić information content (AvgIpc) is 3.68. The first-order chi connectivity index (χ1) is 18.7. The fourth-order valence-corrected chi connectivity index (χ4v) is 7.01. The van der Waals surface area contributed by atoms with Crippen molar-refractivity contribution >= 4 is 23.4 Å². The molecule has 39 heavy (non-hydrogen) atoms. The van der Waals surface area contributed by atoms with Crippen molar-refractivity contribution in [2.75, 3.05) is 10.6 Å². The molecule has 0 spiro atoms. The number of nitrogens with zero attached hydrogens (tertiary/aromatic N) is 3. The first-order valence-corrected chi connectivity index (χ1v) is 13.8. The first kappa shape index (κ1) is 25.8. The minimum Gasteiger partial charge on any atom is -0.349 e. The van der Waals surface area contributed by atoms with E-state index in [1.807, 2.05) is 6.07 Å². The van der Waals surface area contributed by atoms with Crippen LogP contribution in [-0.4, -0.2) is 31.5 Å². The van der Waals surface area contributed by atoms with Crippen LogP contribution in [0.15, 0.2) is 42.6 Å². The molecule has 3 aliphatic rings. The molecule has 1 aromatic carbocycles. The Morgan fingerprint density at radius 1 is 1.05 bits per heavy atom. The van der Waals surface area contributed by atoms with E-state index in [1.54, 1.807) is 12.3 Å². The van der Waals surface area contributed by atoms with Crippen LogP contribution >= 0.6 is 0 Å². The predicted molar refractivity (Wildman–Crippen MR) is 142 cm³/mol. The van der Waals surface area contributed by atoms with Gasteiger partial charge in [0.05, 0.1) is 5.56 Å². The summed E-state index contributed by atoms with van der Waals surface area (Å²) in [6.45, 7) is 0. The summed E-state index contributed by atoms with van der Waals surface area (Å²) < 4.78 is 39.2. The van der Waals surface area contributed by atoms with E-state index in [1.165, 1.54) is 31.7 Å². The number of aromatic amines is 1. The van der Waals surface area contributed by atoms with E-state index in [0.717, 1.165) is 55.7 Å². The van der Waals surface area contributed by atoms with Gasteiger partial charge in [-0.05, 0) is 68.1 Å². The molecule has 3 aromatic rings. The Hall–Kier alpha value is -3.43. The number of halogens is 3. The molecule has 7 nitrogen and oxygen atoms in total. The lowest BCUT2D eigenvalue weighted by Gasteiger charge is -2.28. The maximum Gasteiger partial charge on any atom is 0.416 e. The number of nitrogens with one attached hydrogen (secondary N) is 3. The summed E-state index contributed by atoms with van der Waals surface area (Å²) in [6.07, 6.45) is 7.11. The van der Waals surface area contributed by atoms with Crippen molar-refractivity contribution in [3.63, 3.8) is 0 Å². The summed E-state index contributed by atoms with van der Waals surface area (Å²) in [7, 11) is 0. The third kappa shape index (κ3) is 5.65. The average molecular weight is 539 g/mol.